The minimum atomic E-state index is -4.64. The highest BCUT2D eigenvalue weighted by Crippen LogP contribution is 2.31. The van der Waals surface area contributed by atoms with E-state index in [-0.39, 0.29) is 5.69 Å². The summed E-state index contributed by atoms with van der Waals surface area (Å²) in [6.45, 7) is -1.33. The average Bonchev–Trinajstić information content (AvgIpc) is 2.95. The predicted octanol–water partition coefficient (Wildman–Crippen LogP) is 5.20. The maximum absolute atomic E-state index is 13.2. The summed E-state index contributed by atoms with van der Waals surface area (Å²) in [6.07, 6.45) is -3.34. The summed E-state index contributed by atoms with van der Waals surface area (Å²) in [7, 11) is 0. The molecule has 0 saturated heterocycles. The quantitative estimate of drug-likeness (QED) is 0.192. The van der Waals surface area contributed by atoms with Crippen LogP contribution in [0.3, 0.4) is 0 Å². The van der Waals surface area contributed by atoms with Gasteiger partial charge < -0.3 is 10.1 Å². The monoisotopic (exact) mass is 533 g/mol. The summed E-state index contributed by atoms with van der Waals surface area (Å²) in [6, 6.07) is 25.2. The summed E-state index contributed by atoms with van der Waals surface area (Å²) in [5.41, 5.74) is -0.206. The molecule has 0 atom stereocenters. The van der Waals surface area contributed by atoms with Crippen molar-refractivity contribution in [2.24, 2.45) is 5.10 Å². The fraction of sp³-hybridized carbons (Fsp3) is 0.103. The van der Waals surface area contributed by atoms with Gasteiger partial charge in [-0.3, -0.25) is 14.4 Å². The minimum Gasteiger partial charge on any atom is -0.454 e. The number of esters is 1. The second kappa shape index (κ2) is 12.0. The lowest BCUT2D eigenvalue weighted by Gasteiger charge is -2.18. The molecule has 0 unspecified atom stereocenters. The first-order chi connectivity index (χ1) is 18.7. The zero-order valence-corrected chi connectivity index (χ0v) is 20.4. The van der Waals surface area contributed by atoms with Crippen LogP contribution in [-0.2, 0) is 20.5 Å². The Morgan fingerprint density at radius 3 is 2.31 bits per heavy atom. The molecule has 0 saturated carbocycles. The van der Waals surface area contributed by atoms with Crippen molar-refractivity contribution in [2.45, 2.75) is 6.18 Å². The molecule has 1 N–H and O–H groups in total. The number of alkyl halides is 3. The number of amides is 2. The van der Waals surface area contributed by atoms with Gasteiger partial charge >= 0.3 is 12.1 Å². The Morgan fingerprint density at radius 1 is 0.846 bits per heavy atom. The maximum atomic E-state index is 13.2. The summed E-state index contributed by atoms with van der Waals surface area (Å²) in [5.74, 6) is -2.31. The molecular weight excluding hydrogens is 511 g/mol. The van der Waals surface area contributed by atoms with E-state index in [2.05, 4.69) is 10.4 Å². The molecule has 0 aliphatic carbocycles. The number of fused-ring (bicyclic) bond motifs is 1. The van der Waals surface area contributed by atoms with Crippen molar-refractivity contribution in [1.82, 2.24) is 5.32 Å². The van der Waals surface area contributed by atoms with Crippen LogP contribution in [0.5, 0.6) is 0 Å². The fourth-order valence-electron chi connectivity index (χ4n) is 3.59. The lowest BCUT2D eigenvalue weighted by Crippen LogP contribution is -2.34. The van der Waals surface area contributed by atoms with Gasteiger partial charge in [-0.05, 0) is 46.7 Å². The van der Waals surface area contributed by atoms with Crippen molar-refractivity contribution in [3.05, 3.63) is 114 Å². The van der Waals surface area contributed by atoms with E-state index in [1.165, 1.54) is 12.3 Å². The zero-order chi connectivity index (χ0) is 27.8. The molecule has 2 amide bonds. The number of nitrogens with zero attached hydrogens (tertiary/aromatic N) is 2. The van der Waals surface area contributed by atoms with E-state index in [1.807, 2.05) is 24.3 Å². The number of halogens is 3. The van der Waals surface area contributed by atoms with Crippen LogP contribution in [-0.4, -0.2) is 37.1 Å². The molecule has 0 spiro atoms. The van der Waals surface area contributed by atoms with E-state index in [4.69, 9.17) is 4.74 Å². The Hall–Kier alpha value is -4.99. The van der Waals surface area contributed by atoms with Crippen molar-refractivity contribution in [3.63, 3.8) is 0 Å². The van der Waals surface area contributed by atoms with Crippen LogP contribution in [0.15, 0.2) is 102 Å². The highest BCUT2D eigenvalue weighted by atomic mass is 19.4. The smallest absolute Gasteiger partial charge is 0.416 e. The summed E-state index contributed by atoms with van der Waals surface area (Å²) in [4.78, 5) is 37.6. The van der Waals surface area contributed by atoms with E-state index in [0.29, 0.717) is 11.1 Å². The molecule has 0 radical (unpaired) electrons. The molecule has 4 aromatic carbocycles. The van der Waals surface area contributed by atoms with E-state index in [9.17, 15) is 27.6 Å². The molecule has 0 aliphatic heterocycles. The molecular formula is C29H22F3N3O4. The standard InChI is InChI=1S/C29H22F3N3O4/c30-29(31,32)24-11-6-12-25(16-24)35(34-17-20-7-2-1-3-8-20)26(36)19-39-27(37)18-33-28(38)23-14-13-21-9-4-5-10-22(21)15-23/h1-17H,18-19H2,(H,33,38)/b34-17+. The van der Waals surface area contributed by atoms with Crippen molar-refractivity contribution in [1.29, 1.82) is 0 Å². The number of hydrazone groups is 1. The van der Waals surface area contributed by atoms with Crippen LogP contribution in [0.4, 0.5) is 18.9 Å². The third-order valence-electron chi connectivity index (χ3n) is 5.54. The summed E-state index contributed by atoms with van der Waals surface area (Å²) < 4.78 is 44.7. The van der Waals surface area contributed by atoms with Gasteiger partial charge in [-0.1, -0.05) is 66.7 Å². The molecule has 0 aromatic heterocycles. The SMILES string of the molecule is O=C(CNC(=O)c1ccc2ccccc2c1)OCC(=O)N(/N=C/c1ccccc1)c1cccc(C(F)(F)F)c1. The number of hydrogen-bond donors (Lipinski definition) is 1. The number of carbonyl (C=O) groups excluding carboxylic acids is 3. The van der Waals surface area contributed by atoms with E-state index in [1.54, 1.807) is 48.5 Å². The van der Waals surface area contributed by atoms with Gasteiger partial charge in [-0.25, -0.2) is 0 Å². The molecule has 10 heteroatoms. The van der Waals surface area contributed by atoms with Crippen molar-refractivity contribution < 1.29 is 32.3 Å². The van der Waals surface area contributed by atoms with Gasteiger partial charge in [0.05, 0.1) is 17.5 Å². The number of ether oxygens (including phenoxy) is 1. The molecule has 0 bridgehead atoms. The second-order valence-corrected chi connectivity index (χ2v) is 8.31. The molecule has 0 heterocycles. The Balaban J connectivity index is 1.41. The lowest BCUT2D eigenvalue weighted by atomic mass is 10.1. The number of hydrogen-bond acceptors (Lipinski definition) is 5. The Morgan fingerprint density at radius 2 is 1.56 bits per heavy atom. The van der Waals surface area contributed by atoms with E-state index < -0.39 is 42.7 Å². The van der Waals surface area contributed by atoms with Gasteiger partial charge in [0, 0.05) is 5.56 Å². The van der Waals surface area contributed by atoms with Gasteiger partial charge in [-0.2, -0.15) is 23.3 Å². The molecule has 4 rings (SSSR count). The second-order valence-electron chi connectivity index (χ2n) is 8.31. The van der Waals surface area contributed by atoms with Crippen LogP contribution in [0, 0.1) is 0 Å². The van der Waals surface area contributed by atoms with Gasteiger partial charge in [0.2, 0.25) is 0 Å². The third kappa shape index (κ3) is 7.29. The normalized spacial score (nSPS) is 11.4. The Kier molecular flexibility index (Phi) is 8.35. The first kappa shape index (κ1) is 27.1. The first-order valence-corrected chi connectivity index (χ1v) is 11.7. The number of carbonyl (C=O) groups is 3. The van der Waals surface area contributed by atoms with Gasteiger partial charge in [0.25, 0.3) is 11.8 Å². The van der Waals surface area contributed by atoms with Crippen molar-refractivity contribution in [3.8, 4) is 0 Å². The van der Waals surface area contributed by atoms with E-state index >= 15 is 0 Å². The maximum Gasteiger partial charge on any atom is 0.416 e. The Labute approximate surface area is 221 Å². The topological polar surface area (TPSA) is 88.1 Å². The first-order valence-electron chi connectivity index (χ1n) is 11.7. The molecule has 0 fully saturated rings. The molecule has 4 aromatic rings. The zero-order valence-electron chi connectivity index (χ0n) is 20.4. The van der Waals surface area contributed by atoms with Gasteiger partial charge in [0.1, 0.15) is 6.54 Å². The number of benzene rings is 4. The largest absolute Gasteiger partial charge is 0.454 e. The van der Waals surface area contributed by atoms with E-state index in [0.717, 1.165) is 34.0 Å². The van der Waals surface area contributed by atoms with Crippen LogP contribution >= 0.6 is 0 Å². The van der Waals surface area contributed by atoms with Crippen LogP contribution in [0.1, 0.15) is 21.5 Å². The fourth-order valence-corrected chi connectivity index (χ4v) is 3.59. The number of anilines is 1. The molecule has 0 aliphatic rings. The third-order valence-corrected chi connectivity index (χ3v) is 5.54. The van der Waals surface area contributed by atoms with Crippen molar-refractivity contribution >= 4 is 40.5 Å². The lowest BCUT2D eigenvalue weighted by molar-refractivity contribution is -0.146. The Bertz CT molecular complexity index is 1520. The number of rotatable bonds is 8. The predicted molar refractivity (Wildman–Crippen MR) is 140 cm³/mol. The van der Waals surface area contributed by atoms with Crippen LogP contribution in [0.2, 0.25) is 0 Å². The summed E-state index contributed by atoms with van der Waals surface area (Å²) in [5, 5.41) is 8.99. The molecule has 7 nitrogen and oxygen atoms in total. The van der Waals surface area contributed by atoms with Crippen LogP contribution in [0.25, 0.3) is 10.8 Å². The van der Waals surface area contributed by atoms with Gasteiger partial charge in [0.15, 0.2) is 6.61 Å². The number of nitrogens with one attached hydrogen (secondary N) is 1. The van der Waals surface area contributed by atoms with Crippen molar-refractivity contribution in [2.75, 3.05) is 18.2 Å². The van der Waals surface area contributed by atoms with Gasteiger partial charge in [-0.15, -0.1) is 0 Å². The highest BCUT2D eigenvalue weighted by molar-refractivity contribution is 6.00. The summed E-state index contributed by atoms with van der Waals surface area (Å²) >= 11 is 0. The molecule has 39 heavy (non-hydrogen) atoms. The highest BCUT2D eigenvalue weighted by Gasteiger charge is 2.31. The minimum absolute atomic E-state index is 0.164. The molecule has 198 valence electrons. The average molecular weight is 534 g/mol. The van der Waals surface area contributed by atoms with Crippen LogP contribution < -0.4 is 10.3 Å².